The second kappa shape index (κ2) is 4.20. The van der Waals surface area contributed by atoms with E-state index in [1.165, 1.54) is 25.8 Å². The lowest BCUT2D eigenvalue weighted by Gasteiger charge is -2.32. The van der Waals surface area contributed by atoms with Crippen molar-refractivity contribution in [2.45, 2.75) is 32.2 Å². The molecule has 1 aliphatic heterocycles. The number of alkyl halides is 1. The number of hydrogen-bond acceptors (Lipinski definition) is 1. The summed E-state index contributed by atoms with van der Waals surface area (Å²) in [5.41, 5.74) is 0. The minimum Gasteiger partial charge on any atom is -0.299 e. The van der Waals surface area contributed by atoms with E-state index >= 15 is 0 Å². The Morgan fingerprint density at radius 2 is 2.30 bits per heavy atom. The smallest absolute Gasteiger partial charge is 0.0351 e. The van der Waals surface area contributed by atoms with Crippen LogP contribution < -0.4 is 0 Å². The van der Waals surface area contributed by atoms with Gasteiger partial charge >= 0.3 is 0 Å². The fraction of sp³-hybridized carbons (Fsp3) is 1.00. The van der Waals surface area contributed by atoms with Gasteiger partial charge in [-0.1, -0.05) is 6.42 Å². The van der Waals surface area contributed by atoms with Crippen molar-refractivity contribution in [3.8, 4) is 0 Å². The molecule has 10 heavy (non-hydrogen) atoms. The molecule has 0 aromatic carbocycles. The van der Waals surface area contributed by atoms with Crippen molar-refractivity contribution >= 4 is 11.6 Å². The third kappa shape index (κ3) is 2.14. The molecule has 0 spiro atoms. The summed E-state index contributed by atoms with van der Waals surface area (Å²) < 4.78 is 0. The normalized spacial score (nSPS) is 28.8. The van der Waals surface area contributed by atoms with E-state index in [2.05, 4.69) is 11.8 Å². The standard InChI is InChI=1S/C8H16ClN/c1-8-4-2-3-6-10(8)7-5-9/h8H,2-7H2,1H3/t8-/m1/s1. The van der Waals surface area contributed by atoms with Crippen molar-refractivity contribution in [1.82, 2.24) is 4.90 Å². The molecule has 1 heterocycles. The minimum atomic E-state index is 0.771. The highest BCUT2D eigenvalue weighted by atomic mass is 35.5. The van der Waals surface area contributed by atoms with Gasteiger partial charge in [0.2, 0.25) is 0 Å². The van der Waals surface area contributed by atoms with Crippen LogP contribution >= 0.6 is 11.6 Å². The molecule has 1 atom stereocenters. The Morgan fingerprint density at radius 1 is 1.50 bits per heavy atom. The SMILES string of the molecule is C[C@@H]1CCCCN1CCCl. The summed E-state index contributed by atoms with van der Waals surface area (Å²) in [4.78, 5) is 2.48. The summed E-state index contributed by atoms with van der Waals surface area (Å²) >= 11 is 5.66. The quantitative estimate of drug-likeness (QED) is 0.561. The monoisotopic (exact) mass is 161 g/mol. The Morgan fingerprint density at radius 3 is 2.90 bits per heavy atom. The maximum absolute atomic E-state index is 5.66. The lowest BCUT2D eigenvalue weighted by atomic mass is 10.0. The van der Waals surface area contributed by atoms with Crippen LogP contribution in [0.3, 0.4) is 0 Å². The average molecular weight is 162 g/mol. The Hall–Kier alpha value is 0.250. The first-order valence-electron chi connectivity index (χ1n) is 4.14. The lowest BCUT2D eigenvalue weighted by Crippen LogP contribution is -2.38. The number of likely N-dealkylation sites (tertiary alicyclic amines) is 1. The molecular weight excluding hydrogens is 146 g/mol. The van der Waals surface area contributed by atoms with Gasteiger partial charge in [-0.15, -0.1) is 11.6 Å². The molecule has 1 nitrogen and oxygen atoms in total. The first-order valence-corrected chi connectivity index (χ1v) is 4.68. The van der Waals surface area contributed by atoms with Crippen molar-refractivity contribution < 1.29 is 0 Å². The van der Waals surface area contributed by atoms with Crippen molar-refractivity contribution in [3.05, 3.63) is 0 Å². The number of nitrogens with zero attached hydrogens (tertiary/aromatic N) is 1. The Labute approximate surface area is 68.4 Å². The zero-order chi connectivity index (χ0) is 7.40. The van der Waals surface area contributed by atoms with Crippen LogP contribution in [0.15, 0.2) is 0 Å². The fourth-order valence-corrected chi connectivity index (χ4v) is 1.82. The van der Waals surface area contributed by atoms with Crippen LogP contribution in [0.5, 0.6) is 0 Å². The number of piperidine rings is 1. The minimum absolute atomic E-state index is 0.771. The first kappa shape index (κ1) is 8.35. The maximum Gasteiger partial charge on any atom is 0.0351 e. The zero-order valence-electron chi connectivity index (χ0n) is 6.65. The van der Waals surface area contributed by atoms with Gasteiger partial charge in [0, 0.05) is 18.5 Å². The van der Waals surface area contributed by atoms with Crippen molar-refractivity contribution in [2.24, 2.45) is 0 Å². The Bertz CT molecular complexity index is 93.3. The summed E-state index contributed by atoms with van der Waals surface area (Å²) in [5.74, 6) is 0.782. The molecule has 0 radical (unpaired) electrons. The van der Waals surface area contributed by atoms with E-state index in [9.17, 15) is 0 Å². The third-order valence-electron chi connectivity index (χ3n) is 2.31. The maximum atomic E-state index is 5.66. The molecule has 1 aliphatic rings. The molecule has 1 fully saturated rings. The molecule has 0 aromatic heterocycles. The summed E-state index contributed by atoms with van der Waals surface area (Å²) in [5, 5.41) is 0. The molecule has 0 unspecified atom stereocenters. The average Bonchev–Trinajstić information content (AvgIpc) is 1.94. The fourth-order valence-electron chi connectivity index (χ4n) is 1.60. The summed E-state index contributed by atoms with van der Waals surface area (Å²) in [6.45, 7) is 4.63. The molecule has 0 aliphatic carbocycles. The van der Waals surface area contributed by atoms with Gasteiger partial charge in [0.15, 0.2) is 0 Å². The van der Waals surface area contributed by atoms with E-state index in [1.807, 2.05) is 0 Å². The zero-order valence-corrected chi connectivity index (χ0v) is 7.40. The van der Waals surface area contributed by atoms with Crippen LogP contribution in [0, 0.1) is 0 Å². The predicted molar refractivity (Wildman–Crippen MR) is 45.6 cm³/mol. The second-order valence-electron chi connectivity index (χ2n) is 3.07. The molecule has 60 valence electrons. The molecule has 1 rings (SSSR count). The Kier molecular flexibility index (Phi) is 3.50. The Balaban J connectivity index is 2.25. The van der Waals surface area contributed by atoms with Crippen molar-refractivity contribution in [2.75, 3.05) is 19.0 Å². The molecule has 0 amide bonds. The van der Waals surface area contributed by atoms with Gasteiger partial charge < -0.3 is 0 Å². The van der Waals surface area contributed by atoms with Gasteiger partial charge in [-0.25, -0.2) is 0 Å². The van der Waals surface area contributed by atoms with E-state index in [4.69, 9.17) is 11.6 Å². The van der Waals surface area contributed by atoms with Gasteiger partial charge in [0.25, 0.3) is 0 Å². The highest BCUT2D eigenvalue weighted by molar-refractivity contribution is 6.18. The van der Waals surface area contributed by atoms with Crippen LogP contribution in [0.4, 0.5) is 0 Å². The number of rotatable bonds is 2. The number of hydrogen-bond donors (Lipinski definition) is 0. The molecule has 1 saturated heterocycles. The molecule has 0 bridgehead atoms. The van der Waals surface area contributed by atoms with E-state index in [0.717, 1.165) is 18.5 Å². The van der Waals surface area contributed by atoms with E-state index in [-0.39, 0.29) is 0 Å². The largest absolute Gasteiger partial charge is 0.299 e. The van der Waals surface area contributed by atoms with Crippen LogP contribution in [0.1, 0.15) is 26.2 Å². The highest BCUT2D eigenvalue weighted by Gasteiger charge is 2.16. The van der Waals surface area contributed by atoms with E-state index < -0.39 is 0 Å². The van der Waals surface area contributed by atoms with Gasteiger partial charge in [-0.05, 0) is 26.3 Å². The van der Waals surface area contributed by atoms with Crippen LogP contribution in [-0.2, 0) is 0 Å². The van der Waals surface area contributed by atoms with Gasteiger partial charge in [-0.3, -0.25) is 4.90 Å². The summed E-state index contributed by atoms with van der Waals surface area (Å²) in [6.07, 6.45) is 4.12. The van der Waals surface area contributed by atoms with E-state index in [1.54, 1.807) is 0 Å². The molecular formula is C8H16ClN. The van der Waals surface area contributed by atoms with Gasteiger partial charge in [0.05, 0.1) is 0 Å². The summed E-state index contributed by atoms with van der Waals surface area (Å²) in [7, 11) is 0. The molecule has 0 aromatic rings. The van der Waals surface area contributed by atoms with Crippen LogP contribution in [-0.4, -0.2) is 29.9 Å². The first-order chi connectivity index (χ1) is 4.84. The second-order valence-corrected chi connectivity index (χ2v) is 3.45. The van der Waals surface area contributed by atoms with Gasteiger partial charge in [0.1, 0.15) is 0 Å². The lowest BCUT2D eigenvalue weighted by molar-refractivity contribution is 0.171. The summed E-state index contributed by atoms with van der Waals surface area (Å²) in [6, 6.07) is 0.771. The topological polar surface area (TPSA) is 3.24 Å². The van der Waals surface area contributed by atoms with Crippen LogP contribution in [0.25, 0.3) is 0 Å². The third-order valence-corrected chi connectivity index (χ3v) is 2.48. The predicted octanol–water partition coefficient (Wildman–Crippen LogP) is 2.10. The van der Waals surface area contributed by atoms with Gasteiger partial charge in [-0.2, -0.15) is 0 Å². The number of halogens is 1. The van der Waals surface area contributed by atoms with Crippen molar-refractivity contribution in [3.63, 3.8) is 0 Å². The molecule has 0 N–H and O–H groups in total. The molecule has 2 heteroatoms. The van der Waals surface area contributed by atoms with Crippen molar-refractivity contribution in [1.29, 1.82) is 0 Å². The molecule has 0 saturated carbocycles. The van der Waals surface area contributed by atoms with E-state index in [0.29, 0.717) is 0 Å². The van der Waals surface area contributed by atoms with Crippen LogP contribution in [0.2, 0.25) is 0 Å². The highest BCUT2D eigenvalue weighted by Crippen LogP contribution is 2.15.